The Balaban J connectivity index is 1.58. The minimum atomic E-state index is -0.671. The number of nitrogens with one attached hydrogen (secondary N) is 1. The Bertz CT molecular complexity index is 1800. The number of terminal acetylenes is 1. The van der Waals surface area contributed by atoms with Crippen LogP contribution in [0, 0.1) is 25.1 Å². The molecule has 0 atom stereocenters. The van der Waals surface area contributed by atoms with Crippen molar-refractivity contribution < 1.29 is 18.7 Å². The van der Waals surface area contributed by atoms with E-state index in [0.29, 0.717) is 40.8 Å². The number of aromatic amines is 1. The van der Waals surface area contributed by atoms with Gasteiger partial charge >= 0.3 is 11.6 Å². The molecule has 0 aliphatic carbocycles. The Morgan fingerprint density at radius 1 is 1.27 bits per heavy atom. The number of phenolic OH excluding ortho intramolecular Hbond substituents is 1. The van der Waals surface area contributed by atoms with E-state index in [4.69, 9.17) is 15.6 Å². The molecule has 0 amide bonds. The quantitative estimate of drug-likeness (QED) is 0.360. The van der Waals surface area contributed by atoms with Crippen molar-refractivity contribution in [3.8, 4) is 35.4 Å². The monoisotopic (exact) mass is 497 g/mol. The number of rotatable bonds is 4. The number of halogens is 1. The van der Waals surface area contributed by atoms with Crippen LogP contribution in [0.3, 0.4) is 0 Å². The van der Waals surface area contributed by atoms with E-state index in [1.54, 1.807) is 13.1 Å². The SMILES string of the molecule is C#Cc1c(F)ccc2cc(O)cc(-c3oc(=O)c4c(N5CC(c6cn[nH]c6)C5)nc(OC)nc4c3C)c12. The maximum Gasteiger partial charge on any atom is 0.349 e. The van der Waals surface area contributed by atoms with Crippen LogP contribution in [-0.2, 0) is 0 Å². The van der Waals surface area contributed by atoms with Gasteiger partial charge in [0.15, 0.2) is 5.82 Å². The van der Waals surface area contributed by atoms with Crippen LogP contribution in [-0.4, -0.2) is 45.5 Å². The number of fused-ring (bicyclic) bond motifs is 2. The highest BCUT2D eigenvalue weighted by Gasteiger charge is 2.33. The number of benzene rings is 2. The number of phenols is 1. The molecule has 1 fully saturated rings. The zero-order chi connectivity index (χ0) is 25.8. The fourth-order valence-electron chi connectivity index (χ4n) is 4.88. The van der Waals surface area contributed by atoms with Crippen LogP contribution in [0.25, 0.3) is 33.0 Å². The topological polar surface area (TPSA) is 117 Å². The molecular formula is C27H20FN5O4. The molecule has 184 valence electrons. The summed E-state index contributed by atoms with van der Waals surface area (Å²) in [5.41, 5.74) is 1.50. The summed E-state index contributed by atoms with van der Waals surface area (Å²) in [6.45, 7) is 2.97. The predicted octanol–water partition coefficient (Wildman–Crippen LogP) is 3.87. The van der Waals surface area contributed by atoms with E-state index in [9.17, 15) is 14.3 Å². The number of anilines is 1. The van der Waals surface area contributed by atoms with E-state index >= 15 is 0 Å². The smallest absolute Gasteiger partial charge is 0.349 e. The lowest BCUT2D eigenvalue weighted by atomic mass is 9.93. The van der Waals surface area contributed by atoms with E-state index in [1.165, 1.54) is 31.4 Å². The number of H-pyrrole nitrogens is 1. The van der Waals surface area contributed by atoms with Crippen molar-refractivity contribution in [1.82, 2.24) is 20.2 Å². The molecule has 1 saturated heterocycles. The third-order valence-electron chi connectivity index (χ3n) is 6.76. The average Bonchev–Trinajstić information content (AvgIpc) is 3.39. The summed E-state index contributed by atoms with van der Waals surface area (Å²) in [4.78, 5) is 24.3. The van der Waals surface area contributed by atoms with Crippen molar-refractivity contribution >= 4 is 27.5 Å². The Morgan fingerprint density at radius 2 is 2.08 bits per heavy atom. The normalized spacial score (nSPS) is 13.6. The van der Waals surface area contributed by atoms with Gasteiger partial charge in [-0.3, -0.25) is 5.10 Å². The molecule has 37 heavy (non-hydrogen) atoms. The van der Waals surface area contributed by atoms with Crippen LogP contribution in [0.2, 0.25) is 0 Å². The van der Waals surface area contributed by atoms with Crippen LogP contribution >= 0.6 is 0 Å². The minimum absolute atomic E-state index is 0.00136. The fourth-order valence-corrected chi connectivity index (χ4v) is 4.88. The first-order valence-corrected chi connectivity index (χ1v) is 11.4. The van der Waals surface area contributed by atoms with Crippen LogP contribution in [0.15, 0.2) is 45.9 Å². The highest BCUT2D eigenvalue weighted by molar-refractivity contribution is 6.03. The first-order chi connectivity index (χ1) is 17.9. The first kappa shape index (κ1) is 22.5. The summed E-state index contributed by atoms with van der Waals surface area (Å²) in [6, 6.07) is 5.69. The van der Waals surface area contributed by atoms with Gasteiger partial charge in [-0.25, -0.2) is 9.18 Å². The lowest BCUT2D eigenvalue weighted by Gasteiger charge is -2.40. The third kappa shape index (κ3) is 3.47. The molecule has 0 saturated carbocycles. The van der Waals surface area contributed by atoms with E-state index < -0.39 is 11.4 Å². The summed E-state index contributed by atoms with van der Waals surface area (Å²) < 4.78 is 25.8. The highest BCUT2D eigenvalue weighted by Crippen LogP contribution is 2.40. The van der Waals surface area contributed by atoms with Crippen molar-refractivity contribution in [1.29, 1.82) is 0 Å². The Labute approximate surface area is 209 Å². The second-order valence-corrected chi connectivity index (χ2v) is 8.89. The minimum Gasteiger partial charge on any atom is -0.508 e. The maximum absolute atomic E-state index is 14.6. The van der Waals surface area contributed by atoms with Gasteiger partial charge < -0.3 is 19.2 Å². The van der Waals surface area contributed by atoms with Gasteiger partial charge in [0.05, 0.1) is 24.4 Å². The van der Waals surface area contributed by atoms with Gasteiger partial charge in [-0.2, -0.15) is 15.1 Å². The summed E-state index contributed by atoms with van der Waals surface area (Å²) in [5, 5.41) is 18.3. The molecular weight excluding hydrogens is 477 g/mol. The van der Waals surface area contributed by atoms with E-state index in [-0.39, 0.29) is 40.0 Å². The zero-order valence-corrected chi connectivity index (χ0v) is 19.9. The number of nitrogens with zero attached hydrogens (tertiary/aromatic N) is 4. The molecule has 0 radical (unpaired) electrons. The average molecular weight is 497 g/mol. The van der Waals surface area contributed by atoms with Crippen molar-refractivity contribution in [3.05, 3.63) is 69.6 Å². The number of aromatic nitrogens is 4. The van der Waals surface area contributed by atoms with Gasteiger partial charge in [0.2, 0.25) is 0 Å². The summed E-state index contributed by atoms with van der Waals surface area (Å²) in [5.74, 6) is 2.44. The third-order valence-corrected chi connectivity index (χ3v) is 6.76. The fraction of sp³-hybridized carbons (Fsp3) is 0.185. The molecule has 10 heteroatoms. The number of hydrogen-bond donors (Lipinski definition) is 2. The van der Waals surface area contributed by atoms with E-state index in [2.05, 4.69) is 26.1 Å². The van der Waals surface area contributed by atoms with Crippen LogP contribution in [0.1, 0.15) is 22.6 Å². The summed E-state index contributed by atoms with van der Waals surface area (Å²) >= 11 is 0. The molecule has 6 rings (SSSR count). The highest BCUT2D eigenvalue weighted by atomic mass is 19.1. The summed E-state index contributed by atoms with van der Waals surface area (Å²) in [7, 11) is 1.45. The predicted molar refractivity (Wildman–Crippen MR) is 135 cm³/mol. The van der Waals surface area contributed by atoms with Crippen LogP contribution in [0.5, 0.6) is 11.8 Å². The van der Waals surface area contributed by atoms with Crippen molar-refractivity contribution in [3.63, 3.8) is 0 Å². The number of aromatic hydroxyl groups is 1. The molecule has 5 aromatic rings. The Hall–Kier alpha value is -4.91. The Kier molecular flexibility index (Phi) is 5.08. The van der Waals surface area contributed by atoms with Gasteiger partial charge in [-0.1, -0.05) is 12.0 Å². The molecule has 0 spiro atoms. The zero-order valence-electron chi connectivity index (χ0n) is 19.9. The van der Waals surface area contributed by atoms with Crippen LogP contribution in [0.4, 0.5) is 10.2 Å². The molecule has 2 aromatic carbocycles. The van der Waals surface area contributed by atoms with Gasteiger partial charge in [-0.15, -0.1) is 6.42 Å². The lowest BCUT2D eigenvalue weighted by molar-refractivity contribution is 0.380. The standard InChI is InChI=1S/C27H20FN5O4/c1-4-18-20(28)6-5-14-7-17(34)8-19(21(14)18)24-13(2)23-22(26(35)37-24)25(32-27(31-23)36-3)33-11-16(12-33)15-9-29-30-10-15/h1,5-10,16,34H,11-12H2,2-3H3,(H,29,30). The molecule has 4 heterocycles. The molecule has 9 nitrogen and oxygen atoms in total. The first-order valence-electron chi connectivity index (χ1n) is 11.4. The lowest BCUT2D eigenvalue weighted by Crippen LogP contribution is -2.45. The van der Waals surface area contributed by atoms with Crippen molar-refractivity contribution in [2.24, 2.45) is 0 Å². The number of ether oxygens (including phenoxy) is 1. The number of methoxy groups -OCH3 is 1. The van der Waals surface area contributed by atoms with Crippen molar-refractivity contribution in [2.75, 3.05) is 25.1 Å². The number of hydrogen-bond acceptors (Lipinski definition) is 8. The Morgan fingerprint density at radius 3 is 2.78 bits per heavy atom. The van der Waals surface area contributed by atoms with E-state index in [0.717, 1.165) is 5.56 Å². The molecule has 0 unspecified atom stereocenters. The van der Waals surface area contributed by atoms with Gasteiger partial charge in [0.1, 0.15) is 22.7 Å². The van der Waals surface area contributed by atoms with Crippen molar-refractivity contribution in [2.45, 2.75) is 12.8 Å². The van der Waals surface area contributed by atoms with E-state index in [1.807, 2.05) is 11.1 Å². The van der Waals surface area contributed by atoms with Gasteiger partial charge in [0.25, 0.3) is 0 Å². The molecule has 1 aliphatic rings. The second-order valence-electron chi connectivity index (χ2n) is 8.89. The maximum atomic E-state index is 14.6. The molecule has 1 aliphatic heterocycles. The van der Waals surface area contributed by atoms with Gasteiger partial charge in [-0.05, 0) is 36.1 Å². The molecule has 2 N–H and O–H groups in total. The number of aryl methyl sites for hydroxylation is 1. The van der Waals surface area contributed by atoms with Gasteiger partial charge in [0, 0.05) is 41.7 Å². The molecule has 0 bridgehead atoms. The summed E-state index contributed by atoms with van der Waals surface area (Å²) in [6.07, 6.45) is 9.25. The van der Waals surface area contributed by atoms with Crippen LogP contribution < -0.4 is 15.3 Å². The largest absolute Gasteiger partial charge is 0.508 e. The second kappa shape index (κ2) is 8.34. The molecule has 3 aromatic heterocycles.